The molecule has 0 aliphatic carbocycles. The lowest BCUT2D eigenvalue weighted by molar-refractivity contribution is -0.384. The maximum Gasteiger partial charge on any atom is 0.331 e. The highest BCUT2D eigenvalue weighted by Crippen LogP contribution is 2.48. The van der Waals surface area contributed by atoms with Gasteiger partial charge in [-0.2, -0.15) is 0 Å². The molecule has 0 saturated heterocycles. The predicted molar refractivity (Wildman–Crippen MR) is 107 cm³/mol. The number of rotatable bonds is 10. The van der Waals surface area contributed by atoms with E-state index in [1.54, 1.807) is 0 Å². The second-order valence-corrected chi connectivity index (χ2v) is 9.11. The topological polar surface area (TPSA) is 135 Å². The molecule has 0 amide bonds. The minimum atomic E-state index is -3.26. The monoisotopic (exact) mass is 428 g/mol. The summed E-state index contributed by atoms with van der Waals surface area (Å²) in [7, 11) is 2.23. The third-order valence-electron chi connectivity index (χ3n) is 4.27. The van der Waals surface area contributed by atoms with Gasteiger partial charge in [0.25, 0.3) is 17.4 Å². The zero-order valence-corrected chi connectivity index (χ0v) is 18.1. The number of non-ortho nitro benzene ring substituents is 1. The van der Waals surface area contributed by atoms with Crippen molar-refractivity contribution in [1.29, 1.82) is 0 Å². The quantitative estimate of drug-likeness (QED) is 0.342. The van der Waals surface area contributed by atoms with Crippen LogP contribution in [0.4, 0.5) is 5.69 Å². The smallest absolute Gasteiger partial charge is 0.331 e. The van der Waals surface area contributed by atoms with Crippen LogP contribution in [0.25, 0.3) is 11.0 Å². The largest absolute Gasteiger partial charge is 0.477 e. The van der Waals surface area contributed by atoms with Crippen LogP contribution in [0, 0.1) is 10.1 Å². The van der Waals surface area contributed by atoms with E-state index < -0.39 is 18.1 Å². The van der Waals surface area contributed by atoms with Gasteiger partial charge in [0, 0.05) is 44.0 Å². The number of nitrogens with zero attached hydrogens (tertiary/aromatic N) is 3. The summed E-state index contributed by atoms with van der Waals surface area (Å²) in [5.41, 5.74) is 0.459. The van der Waals surface area contributed by atoms with E-state index in [9.17, 15) is 14.7 Å². The fourth-order valence-corrected chi connectivity index (χ4v) is 4.25. The molecule has 1 heterocycles. The Morgan fingerprint density at radius 1 is 1.10 bits per heavy atom. The summed E-state index contributed by atoms with van der Waals surface area (Å²) in [5.74, 6) is 0.290. The van der Waals surface area contributed by atoms with E-state index in [-0.39, 0.29) is 30.2 Å². The Labute approximate surface area is 168 Å². The second-order valence-electron chi connectivity index (χ2n) is 6.84. The molecular weight excluding hydrogens is 403 g/mol. The Bertz CT molecular complexity index is 943. The number of hydrogen-bond donors (Lipinski definition) is 1. The molecule has 0 bridgehead atoms. The summed E-state index contributed by atoms with van der Waals surface area (Å²) in [6.07, 6.45) is 0.0999. The number of aromatic nitrogens is 2. The van der Waals surface area contributed by atoms with Gasteiger partial charge in [0.2, 0.25) is 0 Å². The van der Waals surface area contributed by atoms with Crippen molar-refractivity contribution in [2.24, 2.45) is 0 Å². The Hall–Kier alpha value is -2.33. The van der Waals surface area contributed by atoms with Crippen LogP contribution in [0.5, 0.6) is 11.8 Å². The van der Waals surface area contributed by atoms with Crippen LogP contribution in [-0.4, -0.2) is 55.0 Å². The zero-order chi connectivity index (χ0) is 21.8. The summed E-state index contributed by atoms with van der Waals surface area (Å²) >= 11 is 0. The van der Waals surface area contributed by atoms with E-state index in [2.05, 4.69) is 15.3 Å². The molecule has 0 saturated carbocycles. The molecule has 0 radical (unpaired) electrons. The van der Waals surface area contributed by atoms with E-state index in [0.29, 0.717) is 16.6 Å². The molecule has 0 aliphatic rings. The molecule has 29 heavy (non-hydrogen) atoms. The Morgan fingerprint density at radius 3 is 2.21 bits per heavy atom. The first-order valence-corrected chi connectivity index (χ1v) is 10.3. The number of nitro benzene ring substituents is 1. The van der Waals surface area contributed by atoms with Crippen LogP contribution in [0.3, 0.4) is 0 Å². The number of benzene rings is 1. The summed E-state index contributed by atoms with van der Waals surface area (Å²) in [5, 5.41) is 14.6. The number of hydrogen-bond acceptors (Lipinski definition) is 10. The van der Waals surface area contributed by atoms with Crippen LogP contribution in [0.1, 0.15) is 19.4 Å². The SMILES string of the molecule is COc1nc2cc([N+](=O)[O-])cc(CNC(C)(C)CP(=O)(OC)OC)c2nc1OC. The van der Waals surface area contributed by atoms with Crippen molar-refractivity contribution in [2.75, 3.05) is 34.6 Å². The Kier molecular flexibility index (Phi) is 7.12. The standard InChI is InChI=1S/C17H25N4O7P/c1-17(2,10-29(24,27-5)28-6)18-9-11-7-12(21(22)23)8-13-14(11)20-16(26-4)15(19-13)25-3/h7-8,18H,9-10H2,1-6H3. The fraction of sp³-hybridized carbons (Fsp3) is 0.529. The molecule has 0 aliphatic heterocycles. The number of fused-ring (bicyclic) bond motifs is 1. The van der Waals surface area contributed by atoms with Gasteiger partial charge in [-0.15, -0.1) is 0 Å². The first-order valence-electron chi connectivity index (χ1n) is 8.60. The predicted octanol–water partition coefficient (Wildman–Crippen LogP) is 2.91. The van der Waals surface area contributed by atoms with Gasteiger partial charge in [0.05, 0.1) is 30.8 Å². The van der Waals surface area contributed by atoms with E-state index in [1.165, 1.54) is 40.6 Å². The molecule has 2 rings (SSSR count). The summed E-state index contributed by atoms with van der Waals surface area (Å²) in [6.45, 7) is 3.85. The van der Waals surface area contributed by atoms with Gasteiger partial charge in [-0.1, -0.05) is 0 Å². The summed E-state index contributed by atoms with van der Waals surface area (Å²) < 4.78 is 32.8. The van der Waals surface area contributed by atoms with E-state index in [4.69, 9.17) is 18.5 Å². The fourth-order valence-electron chi connectivity index (χ4n) is 2.77. The van der Waals surface area contributed by atoms with Gasteiger partial charge >= 0.3 is 7.60 Å². The highest BCUT2D eigenvalue weighted by atomic mass is 31.2. The molecule has 2 aromatic rings. The molecule has 1 aromatic carbocycles. The maximum absolute atomic E-state index is 12.5. The molecule has 0 unspecified atom stereocenters. The van der Waals surface area contributed by atoms with Crippen LogP contribution in [0.15, 0.2) is 12.1 Å². The van der Waals surface area contributed by atoms with Crippen LogP contribution >= 0.6 is 7.60 Å². The highest BCUT2D eigenvalue weighted by molar-refractivity contribution is 7.53. The third kappa shape index (κ3) is 5.39. The first-order chi connectivity index (χ1) is 13.6. The van der Waals surface area contributed by atoms with Crippen LogP contribution in [0.2, 0.25) is 0 Å². The van der Waals surface area contributed by atoms with Crippen LogP contribution < -0.4 is 14.8 Å². The lowest BCUT2D eigenvalue weighted by Gasteiger charge is -2.29. The molecule has 12 heteroatoms. The van der Waals surface area contributed by atoms with E-state index >= 15 is 0 Å². The lowest BCUT2D eigenvalue weighted by Crippen LogP contribution is -2.42. The molecule has 0 spiro atoms. The first kappa shape index (κ1) is 23.0. The maximum atomic E-state index is 12.5. The van der Waals surface area contributed by atoms with E-state index in [1.807, 2.05) is 13.8 Å². The average molecular weight is 428 g/mol. The minimum Gasteiger partial charge on any atom is -0.477 e. The van der Waals surface area contributed by atoms with Crippen molar-refractivity contribution in [2.45, 2.75) is 25.9 Å². The molecule has 1 aromatic heterocycles. The normalized spacial score (nSPS) is 12.2. The molecule has 160 valence electrons. The second kappa shape index (κ2) is 9.00. The minimum absolute atomic E-state index is 0.0999. The van der Waals surface area contributed by atoms with Gasteiger partial charge in [-0.05, 0) is 13.8 Å². The molecule has 1 N–H and O–H groups in total. The zero-order valence-electron chi connectivity index (χ0n) is 17.2. The van der Waals surface area contributed by atoms with Gasteiger partial charge in [-0.25, -0.2) is 9.97 Å². The molecule has 0 atom stereocenters. The van der Waals surface area contributed by atoms with Gasteiger partial charge in [0.1, 0.15) is 5.52 Å². The number of nitrogens with one attached hydrogen (secondary N) is 1. The number of nitro groups is 1. The Balaban J connectivity index is 2.45. The van der Waals surface area contributed by atoms with Crippen molar-refractivity contribution in [3.05, 3.63) is 27.8 Å². The van der Waals surface area contributed by atoms with Crippen molar-refractivity contribution >= 4 is 24.3 Å². The Morgan fingerprint density at radius 2 is 1.69 bits per heavy atom. The van der Waals surface area contributed by atoms with Crippen molar-refractivity contribution in [1.82, 2.24) is 15.3 Å². The molecule has 11 nitrogen and oxygen atoms in total. The summed E-state index contributed by atoms with van der Waals surface area (Å²) in [4.78, 5) is 19.5. The van der Waals surface area contributed by atoms with E-state index in [0.717, 1.165) is 0 Å². The number of ether oxygens (including phenoxy) is 2. The van der Waals surface area contributed by atoms with Gasteiger partial charge in [0.15, 0.2) is 0 Å². The average Bonchev–Trinajstić information content (AvgIpc) is 2.70. The number of methoxy groups -OCH3 is 2. The van der Waals surface area contributed by atoms with Crippen molar-refractivity contribution < 1.29 is 28.0 Å². The van der Waals surface area contributed by atoms with Crippen molar-refractivity contribution in [3.8, 4) is 11.8 Å². The summed E-state index contributed by atoms with van der Waals surface area (Å²) in [6, 6.07) is 2.74. The van der Waals surface area contributed by atoms with Gasteiger partial charge in [-0.3, -0.25) is 14.7 Å². The van der Waals surface area contributed by atoms with Gasteiger partial charge < -0.3 is 23.8 Å². The molecule has 0 fully saturated rings. The highest BCUT2D eigenvalue weighted by Gasteiger charge is 2.32. The lowest BCUT2D eigenvalue weighted by atomic mass is 10.1. The third-order valence-corrected chi connectivity index (χ3v) is 6.56. The molecular formula is C17H25N4O7P. The van der Waals surface area contributed by atoms with Crippen molar-refractivity contribution in [3.63, 3.8) is 0 Å². The van der Waals surface area contributed by atoms with Crippen LogP contribution in [-0.2, 0) is 20.2 Å².